The van der Waals surface area contributed by atoms with E-state index in [4.69, 9.17) is 4.74 Å². The van der Waals surface area contributed by atoms with Crippen LogP contribution in [0.5, 0.6) is 11.6 Å². The van der Waals surface area contributed by atoms with Gasteiger partial charge in [0.15, 0.2) is 5.96 Å². The summed E-state index contributed by atoms with van der Waals surface area (Å²) < 4.78 is 18.8. The molecule has 2 atom stereocenters. The van der Waals surface area contributed by atoms with Crippen LogP contribution in [0.1, 0.15) is 26.3 Å². The third-order valence-corrected chi connectivity index (χ3v) is 5.19. The van der Waals surface area contributed by atoms with Crippen molar-refractivity contribution in [2.75, 3.05) is 20.1 Å². The topological polar surface area (TPSA) is 61.8 Å². The lowest BCUT2D eigenvalue weighted by atomic mass is 10.1. The molecular formula is C22H30FN5O. The number of ether oxygens (including phenoxy) is 1. The van der Waals surface area contributed by atoms with Gasteiger partial charge in [-0.15, -0.1) is 0 Å². The SMILES string of the molecule is CN=C(NCc1ccc(Oc2cccc(F)c2)nc1)NC1CN(C(C)C)CC1C. The van der Waals surface area contributed by atoms with E-state index in [1.54, 1.807) is 31.4 Å². The Morgan fingerprint density at radius 2 is 2.14 bits per heavy atom. The summed E-state index contributed by atoms with van der Waals surface area (Å²) in [6, 6.07) is 10.6. The first-order valence-electron chi connectivity index (χ1n) is 10.0. The Morgan fingerprint density at radius 3 is 2.76 bits per heavy atom. The van der Waals surface area contributed by atoms with Crippen molar-refractivity contribution in [1.82, 2.24) is 20.5 Å². The molecule has 1 saturated heterocycles. The smallest absolute Gasteiger partial charge is 0.219 e. The minimum Gasteiger partial charge on any atom is -0.439 e. The van der Waals surface area contributed by atoms with Crippen molar-refractivity contribution in [3.8, 4) is 11.6 Å². The molecule has 1 aliphatic rings. The quantitative estimate of drug-likeness (QED) is 0.576. The Labute approximate surface area is 172 Å². The minimum absolute atomic E-state index is 0.338. The number of likely N-dealkylation sites (tertiary alicyclic amines) is 1. The predicted octanol–water partition coefficient (Wildman–Crippen LogP) is 3.41. The van der Waals surface area contributed by atoms with Crippen molar-refractivity contribution in [3.63, 3.8) is 0 Å². The van der Waals surface area contributed by atoms with Crippen LogP contribution in [-0.4, -0.2) is 48.1 Å². The third-order valence-electron chi connectivity index (χ3n) is 5.19. The fourth-order valence-corrected chi connectivity index (χ4v) is 3.40. The van der Waals surface area contributed by atoms with Crippen molar-refractivity contribution in [1.29, 1.82) is 0 Å². The van der Waals surface area contributed by atoms with Gasteiger partial charge in [-0.1, -0.05) is 19.1 Å². The first-order chi connectivity index (χ1) is 13.9. The number of aliphatic imine (C=N–C) groups is 1. The Hall–Kier alpha value is -2.67. The monoisotopic (exact) mass is 399 g/mol. The minimum atomic E-state index is -0.338. The molecule has 3 rings (SSSR count). The second kappa shape index (κ2) is 9.69. The second-order valence-electron chi connectivity index (χ2n) is 7.77. The maximum Gasteiger partial charge on any atom is 0.219 e. The zero-order valence-electron chi connectivity index (χ0n) is 17.5. The lowest BCUT2D eigenvalue weighted by Crippen LogP contribution is -2.46. The Balaban J connectivity index is 1.51. The molecule has 0 spiro atoms. The van der Waals surface area contributed by atoms with E-state index < -0.39 is 0 Å². The van der Waals surface area contributed by atoms with Crippen LogP contribution in [0, 0.1) is 11.7 Å². The average Bonchev–Trinajstić information content (AvgIpc) is 3.07. The predicted molar refractivity (Wildman–Crippen MR) is 114 cm³/mol. The van der Waals surface area contributed by atoms with Gasteiger partial charge in [0.05, 0.1) is 0 Å². The van der Waals surface area contributed by atoms with Gasteiger partial charge in [0.2, 0.25) is 5.88 Å². The summed E-state index contributed by atoms with van der Waals surface area (Å²) >= 11 is 0. The van der Waals surface area contributed by atoms with Crippen molar-refractivity contribution in [2.45, 2.75) is 39.4 Å². The normalized spacial score (nSPS) is 20.1. The summed E-state index contributed by atoms with van der Waals surface area (Å²) in [7, 11) is 1.78. The fourth-order valence-electron chi connectivity index (χ4n) is 3.40. The summed E-state index contributed by atoms with van der Waals surface area (Å²) in [5, 5.41) is 6.88. The molecule has 2 N–H and O–H groups in total. The van der Waals surface area contributed by atoms with Crippen LogP contribution >= 0.6 is 0 Å². The van der Waals surface area contributed by atoms with E-state index in [0.717, 1.165) is 24.6 Å². The highest BCUT2D eigenvalue weighted by Crippen LogP contribution is 2.20. The Kier molecular flexibility index (Phi) is 7.04. The lowest BCUT2D eigenvalue weighted by molar-refractivity contribution is 0.265. The Morgan fingerprint density at radius 1 is 1.31 bits per heavy atom. The molecule has 7 heteroatoms. The molecule has 0 saturated carbocycles. The maximum absolute atomic E-state index is 13.2. The molecule has 0 aliphatic carbocycles. The zero-order chi connectivity index (χ0) is 20.8. The van der Waals surface area contributed by atoms with Crippen LogP contribution < -0.4 is 15.4 Å². The largest absolute Gasteiger partial charge is 0.439 e. The van der Waals surface area contributed by atoms with E-state index in [1.807, 2.05) is 6.07 Å². The van der Waals surface area contributed by atoms with Gasteiger partial charge in [0, 0.05) is 57.1 Å². The second-order valence-corrected chi connectivity index (χ2v) is 7.77. The van der Waals surface area contributed by atoms with Crippen LogP contribution in [0.3, 0.4) is 0 Å². The summed E-state index contributed by atoms with van der Waals surface area (Å²) in [5.74, 6) is 1.87. The first-order valence-corrected chi connectivity index (χ1v) is 10.0. The van der Waals surface area contributed by atoms with E-state index in [0.29, 0.717) is 36.2 Å². The molecule has 2 heterocycles. The summed E-state index contributed by atoms with van der Waals surface area (Å²) in [5.41, 5.74) is 1.00. The molecule has 1 aromatic heterocycles. The number of benzene rings is 1. The van der Waals surface area contributed by atoms with E-state index in [2.05, 4.69) is 46.3 Å². The van der Waals surface area contributed by atoms with Gasteiger partial charge in [-0.3, -0.25) is 9.89 Å². The molecule has 1 aromatic carbocycles. The maximum atomic E-state index is 13.2. The van der Waals surface area contributed by atoms with E-state index in [9.17, 15) is 4.39 Å². The van der Waals surface area contributed by atoms with E-state index in [-0.39, 0.29) is 5.82 Å². The molecular weight excluding hydrogens is 369 g/mol. The molecule has 1 fully saturated rings. The fraction of sp³-hybridized carbons (Fsp3) is 0.455. The van der Waals surface area contributed by atoms with Gasteiger partial charge in [0.1, 0.15) is 11.6 Å². The lowest BCUT2D eigenvalue weighted by Gasteiger charge is -2.22. The zero-order valence-corrected chi connectivity index (χ0v) is 17.5. The highest BCUT2D eigenvalue weighted by Gasteiger charge is 2.31. The van der Waals surface area contributed by atoms with Crippen LogP contribution in [0.25, 0.3) is 0 Å². The molecule has 0 amide bonds. The third kappa shape index (κ3) is 5.90. The van der Waals surface area contributed by atoms with Crippen molar-refractivity contribution in [2.24, 2.45) is 10.9 Å². The number of hydrogen-bond donors (Lipinski definition) is 2. The summed E-state index contributed by atoms with van der Waals surface area (Å²) in [4.78, 5) is 11.1. The number of nitrogens with one attached hydrogen (secondary N) is 2. The molecule has 6 nitrogen and oxygen atoms in total. The van der Waals surface area contributed by atoms with Gasteiger partial charge in [-0.2, -0.15) is 0 Å². The van der Waals surface area contributed by atoms with Crippen molar-refractivity contribution in [3.05, 3.63) is 54.0 Å². The van der Waals surface area contributed by atoms with Gasteiger partial charge in [-0.05, 0) is 37.5 Å². The molecule has 2 aromatic rings. The van der Waals surface area contributed by atoms with Crippen LogP contribution in [0.2, 0.25) is 0 Å². The number of nitrogens with zero attached hydrogens (tertiary/aromatic N) is 3. The van der Waals surface area contributed by atoms with Gasteiger partial charge < -0.3 is 15.4 Å². The van der Waals surface area contributed by atoms with Crippen LogP contribution in [0.4, 0.5) is 4.39 Å². The number of aromatic nitrogens is 1. The van der Waals surface area contributed by atoms with Crippen molar-refractivity contribution < 1.29 is 9.13 Å². The van der Waals surface area contributed by atoms with Crippen LogP contribution in [-0.2, 0) is 6.54 Å². The van der Waals surface area contributed by atoms with Gasteiger partial charge in [0.25, 0.3) is 0 Å². The van der Waals surface area contributed by atoms with Crippen LogP contribution in [0.15, 0.2) is 47.6 Å². The number of halogens is 1. The van der Waals surface area contributed by atoms with Crippen molar-refractivity contribution >= 4 is 5.96 Å². The number of guanidine groups is 1. The molecule has 2 unspecified atom stereocenters. The van der Waals surface area contributed by atoms with Gasteiger partial charge >= 0.3 is 0 Å². The molecule has 0 bridgehead atoms. The number of rotatable bonds is 6. The number of hydrogen-bond acceptors (Lipinski definition) is 4. The molecule has 156 valence electrons. The summed E-state index contributed by atoms with van der Waals surface area (Å²) in [6.07, 6.45) is 1.74. The van der Waals surface area contributed by atoms with E-state index in [1.165, 1.54) is 12.1 Å². The average molecular weight is 400 g/mol. The molecule has 0 radical (unpaired) electrons. The molecule has 1 aliphatic heterocycles. The Bertz CT molecular complexity index is 824. The first kappa shape index (κ1) is 21.0. The number of pyridine rings is 1. The van der Waals surface area contributed by atoms with Gasteiger partial charge in [-0.25, -0.2) is 9.37 Å². The van der Waals surface area contributed by atoms with E-state index >= 15 is 0 Å². The summed E-state index contributed by atoms with van der Waals surface area (Å²) in [6.45, 7) is 9.46. The standard InChI is InChI=1S/C22H30FN5O/c1-15(2)28-13-16(3)20(14-28)27-22(24-4)26-12-17-8-9-21(25-11-17)29-19-7-5-6-18(23)10-19/h5-11,15-16,20H,12-14H2,1-4H3,(H2,24,26,27). The highest BCUT2D eigenvalue weighted by molar-refractivity contribution is 5.80. The molecule has 29 heavy (non-hydrogen) atoms. The highest BCUT2D eigenvalue weighted by atomic mass is 19.1.